The van der Waals surface area contributed by atoms with Gasteiger partial charge in [-0.1, -0.05) is 31.6 Å². The quantitative estimate of drug-likeness (QED) is 0.832. The molecule has 1 fully saturated rings. The third kappa shape index (κ3) is 2.88. The van der Waals surface area contributed by atoms with Crippen LogP contribution >= 0.6 is 0 Å². The maximum absolute atomic E-state index is 4.71. The number of rotatable bonds is 5. The van der Waals surface area contributed by atoms with Crippen molar-refractivity contribution in [1.29, 1.82) is 0 Å². The summed E-state index contributed by atoms with van der Waals surface area (Å²) < 4.78 is 0. The third-order valence-corrected chi connectivity index (χ3v) is 4.50. The van der Waals surface area contributed by atoms with E-state index in [1.807, 2.05) is 13.0 Å². The second kappa shape index (κ2) is 6.02. The first-order valence-electron chi connectivity index (χ1n) is 8.07. The summed E-state index contributed by atoms with van der Waals surface area (Å²) in [5.74, 6) is 0. The van der Waals surface area contributed by atoms with Gasteiger partial charge in [-0.2, -0.15) is 0 Å². The zero-order chi connectivity index (χ0) is 14.8. The van der Waals surface area contributed by atoms with Crippen molar-refractivity contribution in [3.05, 3.63) is 47.9 Å². The number of hydrazine groups is 1. The number of aromatic nitrogens is 1. The summed E-state index contributed by atoms with van der Waals surface area (Å²) in [4.78, 5) is 4.71. The third-order valence-electron chi connectivity index (χ3n) is 4.50. The second-order valence-electron chi connectivity index (χ2n) is 6.21. The van der Waals surface area contributed by atoms with E-state index in [0.29, 0.717) is 6.04 Å². The molecular weight excluding hydrogens is 258 g/mol. The molecule has 2 heterocycles. The molecule has 3 rings (SSSR count). The Labute approximate surface area is 127 Å². The van der Waals surface area contributed by atoms with E-state index in [2.05, 4.69) is 42.3 Å². The maximum atomic E-state index is 4.71. The van der Waals surface area contributed by atoms with Gasteiger partial charge in [-0.15, -0.1) is 0 Å². The summed E-state index contributed by atoms with van der Waals surface area (Å²) in [6.07, 6.45) is 8.36. The minimum Gasteiger partial charge on any atom is -0.311 e. The van der Waals surface area contributed by atoms with Crippen LogP contribution in [0.25, 0.3) is 5.57 Å². The van der Waals surface area contributed by atoms with E-state index in [9.17, 15) is 0 Å². The van der Waals surface area contributed by atoms with Crippen LogP contribution in [0.4, 0.5) is 0 Å². The summed E-state index contributed by atoms with van der Waals surface area (Å²) in [6, 6.07) is 7.09. The first kappa shape index (κ1) is 14.3. The van der Waals surface area contributed by atoms with Crippen LogP contribution in [0.1, 0.15) is 50.4 Å². The van der Waals surface area contributed by atoms with Gasteiger partial charge in [-0.3, -0.25) is 4.98 Å². The van der Waals surface area contributed by atoms with Crippen LogP contribution in [0, 0.1) is 6.92 Å². The van der Waals surface area contributed by atoms with Gasteiger partial charge in [0.15, 0.2) is 0 Å². The lowest BCUT2D eigenvalue weighted by Gasteiger charge is -2.35. The lowest BCUT2D eigenvalue weighted by atomic mass is 9.93. The molecule has 1 atom stereocenters. The highest BCUT2D eigenvalue weighted by molar-refractivity contribution is 5.71. The summed E-state index contributed by atoms with van der Waals surface area (Å²) in [7, 11) is 0. The summed E-state index contributed by atoms with van der Waals surface area (Å²) in [6.45, 7) is 8.56. The monoisotopic (exact) mass is 283 g/mol. The van der Waals surface area contributed by atoms with Gasteiger partial charge in [-0.05, 0) is 44.7 Å². The molecule has 0 spiro atoms. The van der Waals surface area contributed by atoms with Gasteiger partial charge in [0, 0.05) is 23.5 Å². The molecule has 0 amide bonds. The minimum atomic E-state index is 0.208. The van der Waals surface area contributed by atoms with Gasteiger partial charge >= 0.3 is 0 Å². The van der Waals surface area contributed by atoms with Crippen molar-refractivity contribution in [2.45, 2.75) is 58.0 Å². The number of nitrogens with one attached hydrogen (secondary N) is 1. The topological polar surface area (TPSA) is 28.2 Å². The predicted molar refractivity (Wildman–Crippen MR) is 87.4 cm³/mol. The molecule has 0 bridgehead atoms. The van der Waals surface area contributed by atoms with Crippen molar-refractivity contribution in [2.75, 3.05) is 0 Å². The van der Waals surface area contributed by atoms with Gasteiger partial charge < -0.3 is 5.01 Å². The highest BCUT2D eigenvalue weighted by Crippen LogP contribution is 2.33. The molecule has 0 aromatic carbocycles. The van der Waals surface area contributed by atoms with Crippen LogP contribution in [0.3, 0.4) is 0 Å². The lowest BCUT2D eigenvalue weighted by Crippen LogP contribution is -2.46. The van der Waals surface area contributed by atoms with Gasteiger partial charge in [0.1, 0.15) is 0 Å². The Morgan fingerprint density at radius 2 is 2.24 bits per heavy atom. The van der Waals surface area contributed by atoms with Gasteiger partial charge in [-0.25, -0.2) is 5.43 Å². The van der Waals surface area contributed by atoms with Crippen molar-refractivity contribution in [2.24, 2.45) is 0 Å². The molecule has 1 aliphatic carbocycles. The van der Waals surface area contributed by atoms with E-state index in [1.165, 1.54) is 30.4 Å². The van der Waals surface area contributed by atoms with Crippen LogP contribution in [0.2, 0.25) is 0 Å². The number of hydrogen-bond acceptors (Lipinski definition) is 3. The second-order valence-corrected chi connectivity index (χ2v) is 6.21. The van der Waals surface area contributed by atoms with Crippen molar-refractivity contribution in [3.8, 4) is 0 Å². The summed E-state index contributed by atoms with van der Waals surface area (Å²) in [5.41, 5.74) is 8.31. The lowest BCUT2D eigenvalue weighted by molar-refractivity contribution is 0.135. The molecule has 3 nitrogen and oxygen atoms in total. The van der Waals surface area contributed by atoms with Crippen molar-refractivity contribution >= 4 is 5.57 Å². The van der Waals surface area contributed by atoms with Crippen molar-refractivity contribution in [3.63, 3.8) is 0 Å². The Kier molecular flexibility index (Phi) is 4.11. The van der Waals surface area contributed by atoms with Crippen LogP contribution < -0.4 is 5.43 Å². The molecular formula is C18H25N3. The molecule has 1 unspecified atom stereocenters. The smallest absolute Gasteiger partial charge is 0.0755 e. The summed E-state index contributed by atoms with van der Waals surface area (Å²) >= 11 is 0. The Morgan fingerprint density at radius 3 is 2.86 bits per heavy atom. The Morgan fingerprint density at radius 1 is 1.43 bits per heavy atom. The van der Waals surface area contributed by atoms with Crippen LogP contribution in [-0.4, -0.2) is 22.1 Å². The fourth-order valence-electron chi connectivity index (χ4n) is 3.05. The molecule has 1 aromatic rings. The minimum absolute atomic E-state index is 0.208. The molecule has 21 heavy (non-hydrogen) atoms. The normalized spacial score (nSPS) is 22.1. The fourth-order valence-corrected chi connectivity index (χ4v) is 3.05. The maximum Gasteiger partial charge on any atom is 0.0755 e. The SMILES string of the molecule is C=C(CCC)C1NN(C2CCC2)C=C1c1cccc(C)n1. The molecule has 0 saturated heterocycles. The average molecular weight is 283 g/mol. The molecule has 1 aliphatic heterocycles. The average Bonchev–Trinajstić information content (AvgIpc) is 2.82. The molecule has 1 N–H and O–H groups in total. The largest absolute Gasteiger partial charge is 0.311 e. The number of nitrogens with zero attached hydrogens (tertiary/aromatic N) is 2. The molecule has 2 aliphatic rings. The van der Waals surface area contributed by atoms with E-state index in [4.69, 9.17) is 4.98 Å². The number of pyridine rings is 1. The molecule has 3 heteroatoms. The van der Waals surface area contributed by atoms with E-state index >= 15 is 0 Å². The zero-order valence-electron chi connectivity index (χ0n) is 13.1. The Bertz CT molecular complexity index is 557. The first-order valence-corrected chi connectivity index (χ1v) is 8.07. The van der Waals surface area contributed by atoms with Gasteiger partial charge in [0.25, 0.3) is 0 Å². The zero-order valence-corrected chi connectivity index (χ0v) is 13.1. The van der Waals surface area contributed by atoms with E-state index < -0.39 is 0 Å². The van der Waals surface area contributed by atoms with E-state index in [0.717, 1.165) is 24.2 Å². The van der Waals surface area contributed by atoms with Crippen LogP contribution in [-0.2, 0) is 0 Å². The number of aryl methyl sites for hydroxylation is 1. The molecule has 112 valence electrons. The highest BCUT2D eigenvalue weighted by atomic mass is 15.5. The Hall–Kier alpha value is -1.61. The van der Waals surface area contributed by atoms with Crippen molar-refractivity contribution < 1.29 is 0 Å². The van der Waals surface area contributed by atoms with Crippen LogP contribution in [0.5, 0.6) is 0 Å². The molecule has 1 aromatic heterocycles. The van der Waals surface area contributed by atoms with Gasteiger partial charge in [0.05, 0.1) is 11.7 Å². The van der Waals surface area contributed by atoms with E-state index in [-0.39, 0.29) is 6.04 Å². The van der Waals surface area contributed by atoms with E-state index in [1.54, 1.807) is 0 Å². The van der Waals surface area contributed by atoms with Crippen molar-refractivity contribution in [1.82, 2.24) is 15.4 Å². The Balaban J connectivity index is 1.88. The number of hydrogen-bond donors (Lipinski definition) is 1. The first-order chi connectivity index (χ1) is 10.2. The summed E-state index contributed by atoms with van der Waals surface area (Å²) in [5, 5.41) is 2.30. The standard InChI is InChI=1S/C18H25N3/c1-4-7-13(2)18-16(17-11-5-8-14(3)19-17)12-21(20-18)15-9-6-10-15/h5,8,11-12,15,18,20H,2,4,6-7,9-10H2,1,3H3. The van der Waals surface area contributed by atoms with Gasteiger partial charge in [0.2, 0.25) is 0 Å². The van der Waals surface area contributed by atoms with Crippen LogP contribution in [0.15, 0.2) is 36.6 Å². The predicted octanol–water partition coefficient (Wildman–Crippen LogP) is 3.83. The fraction of sp³-hybridized carbons (Fsp3) is 0.500. The highest BCUT2D eigenvalue weighted by Gasteiger charge is 2.33. The molecule has 1 saturated carbocycles. The molecule has 0 radical (unpaired) electrons.